The first-order chi connectivity index (χ1) is 14.6. The minimum Gasteiger partial charge on any atom is -0.454 e. The van der Waals surface area contributed by atoms with Crippen LogP contribution in [0.5, 0.6) is 11.5 Å². The average Bonchev–Trinajstić information content (AvgIpc) is 3.37. The maximum Gasteiger partial charge on any atom is 0.282 e. The van der Waals surface area contributed by atoms with Gasteiger partial charge in [-0.3, -0.25) is 15.1 Å². The summed E-state index contributed by atoms with van der Waals surface area (Å²) in [4.78, 5) is 19.8. The Morgan fingerprint density at radius 2 is 1.93 bits per heavy atom. The van der Waals surface area contributed by atoms with Gasteiger partial charge in [0, 0.05) is 16.8 Å². The van der Waals surface area contributed by atoms with Crippen LogP contribution >= 0.6 is 11.6 Å². The molecule has 0 N–H and O–H groups in total. The third-order valence-corrected chi connectivity index (χ3v) is 4.75. The second-order valence-corrected chi connectivity index (χ2v) is 6.90. The number of aromatic nitrogens is 1. The Hall–Kier alpha value is -3.91. The van der Waals surface area contributed by atoms with E-state index in [1.165, 1.54) is 12.3 Å². The molecule has 30 heavy (non-hydrogen) atoms. The van der Waals surface area contributed by atoms with Crippen molar-refractivity contribution in [2.24, 2.45) is 4.99 Å². The van der Waals surface area contributed by atoms with Crippen molar-refractivity contribution in [3.63, 3.8) is 0 Å². The van der Waals surface area contributed by atoms with E-state index in [1.807, 2.05) is 6.07 Å². The van der Waals surface area contributed by atoms with Gasteiger partial charge in [-0.15, -0.1) is 0 Å². The van der Waals surface area contributed by atoms with Gasteiger partial charge < -0.3 is 13.9 Å². The molecule has 1 aromatic heterocycles. The molecule has 0 fully saturated rings. The number of benzene rings is 3. The normalized spacial score (nSPS) is 12.7. The molecule has 0 unspecified atom stereocenters. The van der Waals surface area contributed by atoms with E-state index in [1.54, 1.807) is 42.5 Å². The summed E-state index contributed by atoms with van der Waals surface area (Å²) in [5, 5.41) is 12.0. The number of hydrogen-bond acceptors (Lipinski definition) is 7. The monoisotopic (exact) mass is 421 g/mol. The molecule has 1 aliphatic rings. The van der Waals surface area contributed by atoms with Gasteiger partial charge in [0.15, 0.2) is 17.1 Å². The summed E-state index contributed by atoms with van der Waals surface area (Å²) in [6.07, 6.45) is 1.42. The van der Waals surface area contributed by atoms with Crippen LogP contribution in [0.15, 0.2) is 64.0 Å². The van der Waals surface area contributed by atoms with E-state index in [0.29, 0.717) is 44.8 Å². The molecular weight excluding hydrogens is 410 g/mol. The molecular formula is C21H12ClN3O5. The molecule has 0 saturated carbocycles. The van der Waals surface area contributed by atoms with Gasteiger partial charge >= 0.3 is 0 Å². The second-order valence-electron chi connectivity index (χ2n) is 6.46. The molecule has 2 heterocycles. The van der Waals surface area contributed by atoms with Crippen molar-refractivity contribution in [2.75, 3.05) is 6.79 Å². The topological polar surface area (TPSA) is 100.0 Å². The first-order valence-electron chi connectivity index (χ1n) is 8.85. The van der Waals surface area contributed by atoms with Gasteiger partial charge in [-0.25, -0.2) is 4.98 Å². The zero-order chi connectivity index (χ0) is 20.7. The van der Waals surface area contributed by atoms with Gasteiger partial charge in [-0.05, 0) is 42.5 Å². The van der Waals surface area contributed by atoms with Crippen molar-refractivity contribution in [1.82, 2.24) is 4.98 Å². The molecule has 9 heteroatoms. The molecule has 5 rings (SSSR count). The van der Waals surface area contributed by atoms with Crippen molar-refractivity contribution in [1.29, 1.82) is 0 Å². The summed E-state index contributed by atoms with van der Waals surface area (Å²) in [6.45, 7) is 0.0326. The van der Waals surface area contributed by atoms with Crippen molar-refractivity contribution in [3.05, 3.63) is 75.3 Å². The molecule has 0 saturated heterocycles. The zero-order valence-corrected chi connectivity index (χ0v) is 16.0. The third-order valence-electron chi connectivity index (χ3n) is 4.51. The van der Waals surface area contributed by atoms with Crippen LogP contribution in [0.2, 0.25) is 5.02 Å². The van der Waals surface area contributed by atoms with Gasteiger partial charge in [0.1, 0.15) is 5.52 Å². The molecule has 0 amide bonds. The molecule has 0 atom stereocenters. The van der Waals surface area contributed by atoms with E-state index in [4.69, 9.17) is 25.5 Å². The number of hydrogen-bond donors (Lipinski definition) is 0. The molecule has 0 bridgehead atoms. The largest absolute Gasteiger partial charge is 0.454 e. The smallest absolute Gasteiger partial charge is 0.282 e. The van der Waals surface area contributed by atoms with Gasteiger partial charge in [0.2, 0.25) is 12.7 Å². The maximum atomic E-state index is 11.4. The minimum absolute atomic E-state index is 0.0326. The van der Waals surface area contributed by atoms with Crippen molar-refractivity contribution in [2.45, 2.75) is 0 Å². The Balaban J connectivity index is 1.49. The van der Waals surface area contributed by atoms with Crippen LogP contribution in [-0.2, 0) is 0 Å². The summed E-state index contributed by atoms with van der Waals surface area (Å²) >= 11 is 6.00. The van der Waals surface area contributed by atoms with E-state index >= 15 is 0 Å². The highest BCUT2D eigenvalue weighted by molar-refractivity contribution is 6.31. The summed E-state index contributed by atoms with van der Waals surface area (Å²) in [5.74, 6) is 1.22. The molecule has 148 valence electrons. The maximum absolute atomic E-state index is 11.4. The highest BCUT2D eigenvalue weighted by Crippen LogP contribution is 2.37. The number of rotatable bonds is 4. The van der Waals surface area contributed by atoms with Crippen molar-refractivity contribution >= 4 is 40.3 Å². The van der Waals surface area contributed by atoms with E-state index in [9.17, 15) is 10.1 Å². The highest BCUT2D eigenvalue weighted by Gasteiger charge is 2.22. The lowest BCUT2D eigenvalue weighted by molar-refractivity contribution is -0.385. The first-order valence-corrected chi connectivity index (χ1v) is 9.23. The number of nitro groups is 1. The average molecular weight is 422 g/mol. The summed E-state index contributed by atoms with van der Waals surface area (Å²) in [7, 11) is 0. The Morgan fingerprint density at radius 3 is 2.77 bits per heavy atom. The molecule has 0 aliphatic carbocycles. The number of fused-ring (bicyclic) bond motifs is 2. The lowest BCUT2D eigenvalue weighted by Crippen LogP contribution is -1.94. The fraction of sp³-hybridized carbons (Fsp3) is 0.0476. The van der Waals surface area contributed by atoms with Crippen LogP contribution in [0.4, 0.5) is 11.4 Å². The highest BCUT2D eigenvalue weighted by atomic mass is 35.5. The predicted octanol–water partition coefficient (Wildman–Crippen LogP) is 5.54. The van der Waals surface area contributed by atoms with Crippen LogP contribution in [-0.4, -0.2) is 22.9 Å². The molecule has 0 radical (unpaired) electrons. The molecule has 4 aromatic rings. The lowest BCUT2D eigenvalue weighted by atomic mass is 10.1. The summed E-state index contributed by atoms with van der Waals surface area (Å²) in [5.41, 5.74) is 2.78. The van der Waals surface area contributed by atoms with Gasteiger partial charge in [-0.2, -0.15) is 0 Å². The third kappa shape index (κ3) is 3.33. The number of halogens is 1. The Morgan fingerprint density at radius 1 is 1.10 bits per heavy atom. The number of ether oxygens (including phenoxy) is 2. The van der Waals surface area contributed by atoms with E-state index < -0.39 is 4.92 Å². The van der Waals surface area contributed by atoms with E-state index in [0.717, 1.165) is 5.56 Å². The predicted molar refractivity (Wildman–Crippen MR) is 111 cm³/mol. The van der Waals surface area contributed by atoms with Crippen LogP contribution in [0, 0.1) is 10.1 Å². The number of oxazole rings is 1. The minimum atomic E-state index is -0.483. The zero-order valence-electron chi connectivity index (χ0n) is 15.2. The van der Waals surface area contributed by atoms with Gasteiger partial charge in [0.05, 0.1) is 22.2 Å². The van der Waals surface area contributed by atoms with Crippen molar-refractivity contribution < 1.29 is 18.8 Å². The van der Waals surface area contributed by atoms with Crippen molar-refractivity contribution in [3.8, 4) is 23.0 Å². The summed E-state index contributed by atoms with van der Waals surface area (Å²) in [6, 6.07) is 15.3. The van der Waals surface area contributed by atoms with E-state index in [-0.39, 0.29) is 12.5 Å². The van der Waals surface area contributed by atoms with Crippen LogP contribution in [0.25, 0.3) is 22.6 Å². The number of nitro benzene ring substituents is 1. The van der Waals surface area contributed by atoms with Crippen LogP contribution in [0.1, 0.15) is 5.56 Å². The quantitative estimate of drug-likeness (QED) is 0.244. The first kappa shape index (κ1) is 18.1. The van der Waals surface area contributed by atoms with Gasteiger partial charge in [-0.1, -0.05) is 17.7 Å². The fourth-order valence-electron chi connectivity index (χ4n) is 3.10. The Kier molecular flexibility index (Phi) is 4.33. The number of aliphatic imine (C=N–C) groups is 1. The fourth-order valence-corrected chi connectivity index (χ4v) is 3.26. The number of nitrogens with zero attached hydrogens (tertiary/aromatic N) is 3. The molecule has 0 spiro atoms. The van der Waals surface area contributed by atoms with E-state index in [2.05, 4.69) is 9.98 Å². The second kappa shape index (κ2) is 7.16. The molecule has 3 aromatic carbocycles. The summed E-state index contributed by atoms with van der Waals surface area (Å²) < 4.78 is 16.3. The SMILES string of the molecule is O=[N+]([O-])c1cc2c(cc1C=Nc1cccc(-c3nc4cc(Cl)ccc4o3)c1)OCO2. The standard InChI is InChI=1S/C21H12ClN3O5/c22-14-4-5-18-16(8-14)24-21(30-18)12-2-1-3-15(6-12)23-10-13-7-19-20(29-11-28-19)9-17(13)25(26)27/h1-10H,11H2. The lowest BCUT2D eigenvalue weighted by Gasteiger charge is -2.01. The van der Waals surface area contributed by atoms with Gasteiger partial charge in [0.25, 0.3) is 5.69 Å². The van der Waals surface area contributed by atoms with Crippen LogP contribution in [0.3, 0.4) is 0 Å². The Labute approximate surface area is 174 Å². The van der Waals surface area contributed by atoms with Crippen LogP contribution < -0.4 is 9.47 Å². The molecule has 1 aliphatic heterocycles. The molecule has 8 nitrogen and oxygen atoms in total. The Bertz CT molecular complexity index is 1330.